The van der Waals surface area contributed by atoms with E-state index < -0.39 is 11.9 Å². The van der Waals surface area contributed by atoms with E-state index in [0.29, 0.717) is 52.8 Å². The Morgan fingerprint density at radius 1 is 0.812 bits per heavy atom. The fraction of sp³-hybridized carbons (Fsp3) is 0.632. The van der Waals surface area contributed by atoms with E-state index in [1.54, 1.807) is 0 Å². The number of pyridine rings is 1. The zero-order valence-corrected chi connectivity index (χ0v) is 18.2. The highest BCUT2D eigenvalue weighted by Crippen LogP contribution is 2.16. The summed E-state index contributed by atoms with van der Waals surface area (Å²) < 4.78 is 36.0. The molecular weight excluding hydrogens is 428 g/mol. The Morgan fingerprint density at radius 2 is 1.25 bits per heavy atom. The van der Waals surface area contributed by atoms with Crippen LogP contribution in [-0.4, -0.2) is 97.1 Å². The Kier molecular flexibility index (Phi) is 15.0. The summed E-state index contributed by atoms with van der Waals surface area (Å²) in [5.74, 6) is -1.13. The Balaban J connectivity index is 2.11. The van der Waals surface area contributed by atoms with Gasteiger partial charge >= 0.3 is 11.9 Å². The van der Waals surface area contributed by atoms with Crippen LogP contribution in [0.15, 0.2) is 17.2 Å². The van der Waals surface area contributed by atoms with Gasteiger partial charge in [-0.2, -0.15) is 0 Å². The Bertz CT molecular complexity index is 707. The van der Waals surface area contributed by atoms with Crippen molar-refractivity contribution in [2.45, 2.75) is 0 Å². The van der Waals surface area contributed by atoms with E-state index in [-0.39, 0.29) is 30.4 Å². The van der Waals surface area contributed by atoms with Crippen molar-refractivity contribution in [3.05, 3.63) is 34.0 Å². The highest BCUT2D eigenvalue weighted by molar-refractivity contribution is 5.92. The minimum atomic E-state index is -0.698. The van der Waals surface area contributed by atoms with Crippen LogP contribution in [0.5, 0.6) is 5.75 Å². The summed E-state index contributed by atoms with van der Waals surface area (Å²) in [6.07, 6.45) is 0. The number of carbonyl (C=O) groups excluding carboxylic acids is 2. The van der Waals surface area contributed by atoms with Gasteiger partial charge in [-0.15, -0.1) is 0 Å². The fourth-order valence-electron chi connectivity index (χ4n) is 2.14. The number of rotatable bonds is 18. The standard InChI is InChI=1S/C19H28N4O9/c1-26-18(24)16-13-15(14-17(22-16)19(25)27-2)32-12-11-31-10-9-30-8-7-29-6-5-28-4-3-21-23-20/h13-14H,3-12H2,1-2H3. The molecule has 0 N–H and O–H groups in total. The molecule has 0 fully saturated rings. The molecule has 0 saturated heterocycles. The molecule has 0 spiro atoms. The van der Waals surface area contributed by atoms with Gasteiger partial charge in [0.05, 0.1) is 67.1 Å². The van der Waals surface area contributed by atoms with Crippen LogP contribution in [-0.2, 0) is 28.4 Å². The molecule has 0 atom stereocenters. The maximum atomic E-state index is 11.7. The smallest absolute Gasteiger partial charge is 0.356 e. The zero-order chi connectivity index (χ0) is 23.4. The molecule has 13 heteroatoms. The molecule has 1 aromatic heterocycles. The first-order valence-corrected chi connectivity index (χ1v) is 9.75. The predicted molar refractivity (Wildman–Crippen MR) is 110 cm³/mol. The molecule has 1 aromatic rings. The molecule has 0 saturated carbocycles. The summed E-state index contributed by atoms with van der Waals surface area (Å²) in [4.78, 5) is 29.9. The fourth-order valence-corrected chi connectivity index (χ4v) is 2.14. The summed E-state index contributed by atoms with van der Waals surface area (Å²) in [7, 11) is 2.42. The Labute approximate surface area is 185 Å². The van der Waals surface area contributed by atoms with Crippen LogP contribution in [0, 0.1) is 0 Å². The second-order valence-electron chi connectivity index (χ2n) is 5.81. The number of nitrogens with zero attached hydrogens (tertiary/aromatic N) is 4. The topological polar surface area (TPSA) is 160 Å². The molecule has 0 radical (unpaired) electrons. The van der Waals surface area contributed by atoms with E-state index in [9.17, 15) is 9.59 Å². The number of azide groups is 1. The second kappa shape index (κ2) is 17.7. The van der Waals surface area contributed by atoms with Crippen LogP contribution >= 0.6 is 0 Å². The number of esters is 2. The molecule has 0 aliphatic rings. The first kappa shape index (κ1) is 27.1. The van der Waals surface area contributed by atoms with Crippen molar-refractivity contribution in [2.75, 3.05) is 80.2 Å². The number of carbonyl (C=O) groups is 2. The maximum absolute atomic E-state index is 11.7. The zero-order valence-electron chi connectivity index (χ0n) is 18.2. The van der Waals surface area contributed by atoms with Crippen molar-refractivity contribution in [1.29, 1.82) is 0 Å². The molecule has 1 rings (SSSR count). The average molecular weight is 456 g/mol. The van der Waals surface area contributed by atoms with Crippen molar-refractivity contribution in [1.82, 2.24) is 4.98 Å². The third-order valence-corrected chi connectivity index (χ3v) is 3.60. The number of ether oxygens (including phenoxy) is 7. The molecule has 0 aliphatic carbocycles. The lowest BCUT2D eigenvalue weighted by Crippen LogP contribution is -2.15. The Hall–Kier alpha value is -2.96. The summed E-state index contributed by atoms with van der Waals surface area (Å²) in [5.41, 5.74) is 7.97. The average Bonchev–Trinajstić information content (AvgIpc) is 2.82. The molecular formula is C19H28N4O9. The molecule has 0 amide bonds. The molecule has 0 unspecified atom stereocenters. The molecule has 0 aliphatic heterocycles. The van der Waals surface area contributed by atoms with Gasteiger partial charge in [-0.25, -0.2) is 14.6 Å². The lowest BCUT2D eigenvalue weighted by Gasteiger charge is -2.10. The van der Waals surface area contributed by atoms with Crippen molar-refractivity contribution < 1.29 is 42.7 Å². The minimum absolute atomic E-state index is 0.0679. The summed E-state index contributed by atoms with van der Waals surface area (Å²) >= 11 is 0. The maximum Gasteiger partial charge on any atom is 0.356 e. The quantitative estimate of drug-likeness (QED) is 0.104. The molecule has 32 heavy (non-hydrogen) atoms. The monoisotopic (exact) mass is 456 g/mol. The van der Waals surface area contributed by atoms with Crippen LogP contribution < -0.4 is 4.74 Å². The van der Waals surface area contributed by atoms with Crippen molar-refractivity contribution in [3.8, 4) is 5.75 Å². The lowest BCUT2D eigenvalue weighted by molar-refractivity contribution is -0.00387. The predicted octanol–water partition coefficient (Wildman–Crippen LogP) is 1.41. The van der Waals surface area contributed by atoms with Gasteiger partial charge < -0.3 is 33.2 Å². The van der Waals surface area contributed by atoms with Gasteiger partial charge in [0.2, 0.25) is 0 Å². The summed E-state index contributed by atoms with van der Waals surface area (Å²) in [6.45, 7) is 3.58. The number of methoxy groups -OCH3 is 2. The SMILES string of the molecule is COC(=O)c1cc(OCCOCCOCCOCCOCCN=[N+]=[N-])cc(C(=O)OC)n1. The molecule has 1 heterocycles. The van der Waals surface area contributed by atoms with E-state index in [1.807, 2.05) is 0 Å². The van der Waals surface area contributed by atoms with E-state index in [1.165, 1.54) is 26.4 Å². The molecule has 178 valence electrons. The largest absolute Gasteiger partial charge is 0.491 e. The molecule has 13 nitrogen and oxygen atoms in total. The van der Waals surface area contributed by atoms with Gasteiger partial charge in [-0.05, 0) is 5.53 Å². The first-order valence-electron chi connectivity index (χ1n) is 9.75. The van der Waals surface area contributed by atoms with Crippen LogP contribution in [0.1, 0.15) is 21.0 Å². The molecule has 0 bridgehead atoms. The summed E-state index contributed by atoms with van der Waals surface area (Å²) in [5, 5.41) is 3.35. The van der Waals surface area contributed by atoms with E-state index >= 15 is 0 Å². The van der Waals surface area contributed by atoms with Crippen LogP contribution in [0.25, 0.3) is 10.4 Å². The first-order chi connectivity index (χ1) is 15.6. The van der Waals surface area contributed by atoms with Crippen LogP contribution in [0.2, 0.25) is 0 Å². The van der Waals surface area contributed by atoms with Crippen molar-refractivity contribution in [3.63, 3.8) is 0 Å². The van der Waals surface area contributed by atoms with Gasteiger partial charge in [0.15, 0.2) is 11.4 Å². The lowest BCUT2D eigenvalue weighted by atomic mass is 10.2. The van der Waals surface area contributed by atoms with Gasteiger partial charge in [-0.1, -0.05) is 5.11 Å². The van der Waals surface area contributed by atoms with Crippen LogP contribution in [0.3, 0.4) is 0 Å². The third-order valence-electron chi connectivity index (χ3n) is 3.60. The molecule has 0 aromatic carbocycles. The third kappa shape index (κ3) is 12.0. The highest BCUT2D eigenvalue weighted by atomic mass is 16.6. The number of hydrogen-bond donors (Lipinski definition) is 0. The number of aromatic nitrogens is 1. The van der Waals surface area contributed by atoms with Crippen molar-refractivity contribution >= 4 is 11.9 Å². The van der Waals surface area contributed by atoms with E-state index in [4.69, 9.17) is 29.2 Å². The van der Waals surface area contributed by atoms with Gasteiger partial charge in [0.1, 0.15) is 12.4 Å². The highest BCUT2D eigenvalue weighted by Gasteiger charge is 2.16. The Morgan fingerprint density at radius 3 is 1.69 bits per heavy atom. The van der Waals surface area contributed by atoms with Crippen molar-refractivity contribution in [2.24, 2.45) is 5.11 Å². The van der Waals surface area contributed by atoms with Crippen LogP contribution in [0.4, 0.5) is 0 Å². The van der Waals surface area contributed by atoms with Gasteiger partial charge in [0.25, 0.3) is 0 Å². The normalized spacial score (nSPS) is 10.3. The minimum Gasteiger partial charge on any atom is -0.491 e. The van der Waals surface area contributed by atoms with Gasteiger partial charge in [0, 0.05) is 23.6 Å². The summed E-state index contributed by atoms with van der Waals surface area (Å²) in [6, 6.07) is 2.74. The second-order valence-corrected chi connectivity index (χ2v) is 5.81. The van der Waals surface area contributed by atoms with E-state index in [2.05, 4.69) is 24.5 Å². The van der Waals surface area contributed by atoms with E-state index in [0.717, 1.165) is 0 Å². The van der Waals surface area contributed by atoms with Gasteiger partial charge in [-0.3, -0.25) is 0 Å². The number of hydrogen-bond acceptors (Lipinski definition) is 11.